The fraction of sp³-hybridized carbons (Fsp3) is 0.500. The number of amides is 1. The maximum atomic E-state index is 12.5. The Labute approximate surface area is 123 Å². The molecule has 2 fully saturated rings. The van der Waals surface area contributed by atoms with Crippen LogP contribution in [0.3, 0.4) is 0 Å². The van der Waals surface area contributed by atoms with Crippen LogP contribution < -0.4 is 10.6 Å². The summed E-state index contributed by atoms with van der Waals surface area (Å²) in [6.45, 7) is 2.92. The van der Waals surface area contributed by atoms with Gasteiger partial charge in [-0.1, -0.05) is 6.42 Å². The highest BCUT2D eigenvalue weighted by Gasteiger charge is 2.42. The minimum atomic E-state index is -0.0308. The number of carbonyl (C=O) groups excluding carboxylic acids is 1. The number of aryl methyl sites for hydroxylation is 1. The fourth-order valence-electron chi connectivity index (χ4n) is 3.91. The first-order chi connectivity index (χ1) is 10.2. The van der Waals surface area contributed by atoms with E-state index >= 15 is 0 Å². The molecule has 1 aromatic heterocycles. The van der Waals surface area contributed by atoms with Gasteiger partial charge >= 0.3 is 0 Å². The third-order valence-electron chi connectivity index (χ3n) is 4.90. The third kappa shape index (κ3) is 2.21. The van der Waals surface area contributed by atoms with E-state index < -0.39 is 0 Å². The van der Waals surface area contributed by atoms with Crippen molar-refractivity contribution >= 4 is 22.6 Å². The van der Waals surface area contributed by atoms with Gasteiger partial charge in [0.25, 0.3) is 0 Å². The number of imidazole rings is 1. The van der Waals surface area contributed by atoms with E-state index in [-0.39, 0.29) is 11.9 Å². The number of hydrogen-bond donors (Lipinski definition) is 3. The first kappa shape index (κ1) is 12.8. The highest BCUT2D eigenvalue weighted by atomic mass is 16.2. The van der Waals surface area contributed by atoms with Crippen LogP contribution in [0.25, 0.3) is 11.0 Å². The summed E-state index contributed by atoms with van der Waals surface area (Å²) in [5.74, 6) is 2.20. The number of benzene rings is 1. The summed E-state index contributed by atoms with van der Waals surface area (Å²) in [5, 5.41) is 6.44. The number of nitrogens with one attached hydrogen (secondary N) is 3. The molecule has 3 unspecified atom stereocenters. The van der Waals surface area contributed by atoms with Crippen molar-refractivity contribution in [3.8, 4) is 0 Å². The van der Waals surface area contributed by atoms with Gasteiger partial charge in [0.1, 0.15) is 5.82 Å². The highest BCUT2D eigenvalue weighted by Crippen LogP contribution is 2.38. The molecule has 0 spiro atoms. The van der Waals surface area contributed by atoms with E-state index in [1.54, 1.807) is 0 Å². The predicted molar refractivity (Wildman–Crippen MR) is 82.1 cm³/mol. The molecular formula is C16H20N4O. The lowest BCUT2D eigenvalue weighted by molar-refractivity contribution is -0.118. The van der Waals surface area contributed by atoms with Crippen molar-refractivity contribution in [2.75, 3.05) is 11.9 Å². The Kier molecular flexibility index (Phi) is 2.96. The largest absolute Gasteiger partial charge is 0.342 e. The molecule has 1 saturated carbocycles. The number of aromatic amines is 1. The smallest absolute Gasteiger partial charge is 0.241 e. The summed E-state index contributed by atoms with van der Waals surface area (Å²) >= 11 is 0. The van der Waals surface area contributed by atoms with Crippen LogP contribution in [-0.4, -0.2) is 28.5 Å². The van der Waals surface area contributed by atoms with Gasteiger partial charge in [-0.2, -0.15) is 0 Å². The molecule has 4 rings (SSSR count). The molecule has 1 amide bonds. The lowest BCUT2D eigenvalue weighted by Gasteiger charge is -2.17. The number of hydrogen-bond acceptors (Lipinski definition) is 3. The van der Waals surface area contributed by atoms with E-state index in [9.17, 15) is 4.79 Å². The Morgan fingerprint density at radius 1 is 1.38 bits per heavy atom. The molecule has 1 aliphatic carbocycles. The van der Waals surface area contributed by atoms with Crippen LogP contribution in [0.4, 0.5) is 5.69 Å². The molecular weight excluding hydrogens is 264 g/mol. The minimum Gasteiger partial charge on any atom is -0.342 e. The molecule has 2 aliphatic rings. The van der Waals surface area contributed by atoms with Crippen molar-refractivity contribution < 1.29 is 4.79 Å². The maximum Gasteiger partial charge on any atom is 0.241 e. The minimum absolute atomic E-state index is 0.0308. The lowest BCUT2D eigenvalue weighted by Crippen LogP contribution is -2.39. The van der Waals surface area contributed by atoms with Crippen molar-refractivity contribution in [3.05, 3.63) is 24.0 Å². The number of rotatable bonds is 2. The normalized spacial score (nSPS) is 28.0. The zero-order valence-corrected chi connectivity index (χ0v) is 12.1. The van der Waals surface area contributed by atoms with Gasteiger partial charge in [0, 0.05) is 5.69 Å². The van der Waals surface area contributed by atoms with E-state index in [4.69, 9.17) is 0 Å². The van der Waals surface area contributed by atoms with E-state index in [0.29, 0.717) is 11.8 Å². The monoisotopic (exact) mass is 284 g/mol. The second kappa shape index (κ2) is 4.84. The van der Waals surface area contributed by atoms with Crippen molar-refractivity contribution in [2.45, 2.75) is 32.2 Å². The first-order valence-electron chi connectivity index (χ1n) is 7.71. The molecule has 3 N–H and O–H groups in total. The second-order valence-corrected chi connectivity index (χ2v) is 6.28. The van der Waals surface area contributed by atoms with Crippen molar-refractivity contribution in [1.29, 1.82) is 0 Å². The molecule has 0 radical (unpaired) electrons. The Morgan fingerprint density at radius 2 is 2.29 bits per heavy atom. The van der Waals surface area contributed by atoms with Gasteiger partial charge in [0.2, 0.25) is 5.91 Å². The summed E-state index contributed by atoms with van der Waals surface area (Å²) in [5.41, 5.74) is 2.73. The summed E-state index contributed by atoms with van der Waals surface area (Å²) in [6.07, 6.45) is 3.70. The summed E-state index contributed by atoms with van der Waals surface area (Å²) in [6, 6.07) is 5.78. The zero-order chi connectivity index (χ0) is 14.4. The number of nitrogens with zero attached hydrogens (tertiary/aromatic N) is 1. The van der Waals surface area contributed by atoms with Crippen LogP contribution in [0, 0.1) is 18.8 Å². The van der Waals surface area contributed by atoms with E-state index in [1.807, 2.05) is 25.1 Å². The van der Waals surface area contributed by atoms with Crippen LogP contribution in [0.15, 0.2) is 18.2 Å². The topological polar surface area (TPSA) is 69.8 Å². The summed E-state index contributed by atoms with van der Waals surface area (Å²) < 4.78 is 0. The SMILES string of the molecule is Cc1nc2ccc(NC(=O)C3NCC4CCCC43)cc2[nH]1. The van der Waals surface area contributed by atoms with Gasteiger partial charge in [0.05, 0.1) is 17.1 Å². The number of carbonyl (C=O) groups is 1. The summed E-state index contributed by atoms with van der Waals surface area (Å²) in [4.78, 5) is 20.1. The van der Waals surface area contributed by atoms with Crippen LogP contribution in [0.5, 0.6) is 0 Å². The highest BCUT2D eigenvalue weighted by molar-refractivity contribution is 5.96. The quantitative estimate of drug-likeness (QED) is 0.792. The van der Waals surface area contributed by atoms with Crippen LogP contribution in [-0.2, 0) is 4.79 Å². The Balaban J connectivity index is 1.52. The van der Waals surface area contributed by atoms with E-state index in [2.05, 4.69) is 20.6 Å². The van der Waals surface area contributed by atoms with Gasteiger partial charge in [-0.3, -0.25) is 4.79 Å². The zero-order valence-electron chi connectivity index (χ0n) is 12.1. The molecule has 0 bridgehead atoms. The van der Waals surface area contributed by atoms with Crippen molar-refractivity contribution in [2.24, 2.45) is 11.8 Å². The molecule has 5 nitrogen and oxygen atoms in total. The summed E-state index contributed by atoms with van der Waals surface area (Å²) in [7, 11) is 0. The van der Waals surface area contributed by atoms with E-state index in [0.717, 1.165) is 29.1 Å². The number of H-pyrrole nitrogens is 1. The second-order valence-electron chi connectivity index (χ2n) is 6.28. The van der Waals surface area contributed by atoms with Gasteiger partial charge in [-0.25, -0.2) is 4.98 Å². The van der Waals surface area contributed by atoms with Gasteiger partial charge in [-0.05, 0) is 56.3 Å². The molecule has 5 heteroatoms. The molecule has 2 aromatic rings. The molecule has 1 aromatic carbocycles. The maximum absolute atomic E-state index is 12.5. The molecule has 1 aliphatic heterocycles. The van der Waals surface area contributed by atoms with Gasteiger partial charge in [0.15, 0.2) is 0 Å². The van der Waals surface area contributed by atoms with Crippen LogP contribution in [0.2, 0.25) is 0 Å². The molecule has 1 saturated heterocycles. The van der Waals surface area contributed by atoms with Gasteiger partial charge in [-0.15, -0.1) is 0 Å². The first-order valence-corrected chi connectivity index (χ1v) is 7.71. The average Bonchev–Trinajstić information content (AvgIpc) is 3.10. The number of aromatic nitrogens is 2. The Hall–Kier alpha value is -1.88. The Morgan fingerprint density at radius 3 is 3.19 bits per heavy atom. The Bertz CT molecular complexity index is 693. The van der Waals surface area contributed by atoms with Crippen molar-refractivity contribution in [1.82, 2.24) is 15.3 Å². The number of fused-ring (bicyclic) bond motifs is 2. The number of anilines is 1. The molecule has 110 valence electrons. The molecule has 21 heavy (non-hydrogen) atoms. The fourth-order valence-corrected chi connectivity index (χ4v) is 3.91. The molecule has 2 heterocycles. The van der Waals surface area contributed by atoms with E-state index in [1.165, 1.54) is 19.3 Å². The van der Waals surface area contributed by atoms with Crippen LogP contribution >= 0.6 is 0 Å². The standard InChI is InChI=1S/C16H20N4O/c1-9-18-13-6-5-11(7-14(13)19-9)20-16(21)15-12-4-2-3-10(12)8-17-15/h5-7,10,12,15,17H,2-4,8H2,1H3,(H,18,19)(H,20,21). The predicted octanol–water partition coefficient (Wildman–Crippen LogP) is 2.20. The third-order valence-corrected chi connectivity index (χ3v) is 4.90. The van der Waals surface area contributed by atoms with Crippen LogP contribution in [0.1, 0.15) is 25.1 Å². The average molecular weight is 284 g/mol. The molecule has 3 atom stereocenters. The van der Waals surface area contributed by atoms with Gasteiger partial charge < -0.3 is 15.6 Å². The van der Waals surface area contributed by atoms with Crippen molar-refractivity contribution in [3.63, 3.8) is 0 Å². The lowest BCUT2D eigenvalue weighted by atomic mass is 9.93.